The van der Waals surface area contributed by atoms with Crippen molar-refractivity contribution in [3.63, 3.8) is 0 Å². The molecule has 2 aromatic carbocycles. The lowest BCUT2D eigenvalue weighted by molar-refractivity contribution is 0.155. The fourth-order valence-corrected chi connectivity index (χ4v) is 2.71. The molecule has 0 unspecified atom stereocenters. The number of aryl methyl sites for hydroxylation is 2. The summed E-state index contributed by atoms with van der Waals surface area (Å²) in [6, 6.07) is 13.6. The Hall–Kier alpha value is -1.81. The predicted octanol–water partition coefficient (Wildman–Crippen LogP) is 4.81. The first-order chi connectivity index (χ1) is 9.56. The highest BCUT2D eigenvalue weighted by atomic mass is 79.9. The van der Waals surface area contributed by atoms with Crippen LogP contribution < -0.4 is 5.32 Å². The van der Waals surface area contributed by atoms with Gasteiger partial charge in [-0.05, 0) is 52.5 Å². The molecule has 1 N–H and O–H groups in total. The van der Waals surface area contributed by atoms with Gasteiger partial charge in [0.15, 0.2) is 0 Å². The van der Waals surface area contributed by atoms with E-state index in [0.717, 1.165) is 26.9 Å². The quantitative estimate of drug-likeness (QED) is 0.874. The van der Waals surface area contributed by atoms with Crippen LogP contribution in [0, 0.1) is 13.8 Å². The Balaban J connectivity index is 1.98. The van der Waals surface area contributed by atoms with Crippen molar-refractivity contribution in [3.05, 3.63) is 63.6 Å². The zero-order valence-electron chi connectivity index (χ0n) is 11.4. The molecular weight excluding hydrogens is 318 g/mol. The monoisotopic (exact) mass is 333 g/mol. The standard InChI is InChI=1S/C16H16BrNO2/c1-11-8-12(2)15(14(17)9-11)18-16(19)20-10-13-6-4-3-5-7-13/h3-9H,10H2,1-2H3,(H,18,19). The second-order valence-corrected chi connectivity index (χ2v) is 5.48. The molecule has 0 atom stereocenters. The van der Waals surface area contributed by atoms with Gasteiger partial charge in [0.25, 0.3) is 0 Å². The first-order valence-electron chi connectivity index (χ1n) is 6.30. The summed E-state index contributed by atoms with van der Waals surface area (Å²) in [7, 11) is 0. The summed E-state index contributed by atoms with van der Waals surface area (Å²) in [6.45, 7) is 4.22. The summed E-state index contributed by atoms with van der Waals surface area (Å²) in [4.78, 5) is 11.8. The maximum Gasteiger partial charge on any atom is 0.411 e. The molecule has 0 aliphatic rings. The molecule has 0 radical (unpaired) electrons. The number of amides is 1. The van der Waals surface area contributed by atoms with Crippen LogP contribution in [0.1, 0.15) is 16.7 Å². The van der Waals surface area contributed by atoms with Gasteiger partial charge < -0.3 is 4.74 Å². The van der Waals surface area contributed by atoms with Crippen LogP contribution in [0.25, 0.3) is 0 Å². The maximum absolute atomic E-state index is 11.8. The first-order valence-corrected chi connectivity index (χ1v) is 7.10. The van der Waals surface area contributed by atoms with Gasteiger partial charge in [-0.25, -0.2) is 4.79 Å². The van der Waals surface area contributed by atoms with Gasteiger partial charge in [0, 0.05) is 4.47 Å². The molecular formula is C16H16BrNO2. The third-order valence-corrected chi connectivity index (χ3v) is 3.50. The van der Waals surface area contributed by atoms with Crippen molar-refractivity contribution in [2.24, 2.45) is 0 Å². The summed E-state index contributed by atoms with van der Waals surface area (Å²) in [5.41, 5.74) is 3.84. The van der Waals surface area contributed by atoms with E-state index in [4.69, 9.17) is 4.74 Å². The van der Waals surface area contributed by atoms with E-state index in [2.05, 4.69) is 21.2 Å². The summed E-state index contributed by atoms with van der Waals surface area (Å²) in [5.74, 6) is 0. The molecule has 0 aliphatic carbocycles. The number of carbonyl (C=O) groups is 1. The van der Waals surface area contributed by atoms with Gasteiger partial charge in [0.1, 0.15) is 6.61 Å². The Kier molecular flexibility index (Phi) is 4.79. The lowest BCUT2D eigenvalue weighted by Gasteiger charge is -2.12. The molecule has 0 aromatic heterocycles. The number of anilines is 1. The van der Waals surface area contributed by atoms with Crippen molar-refractivity contribution in [2.75, 3.05) is 5.32 Å². The van der Waals surface area contributed by atoms with Gasteiger partial charge >= 0.3 is 6.09 Å². The summed E-state index contributed by atoms with van der Waals surface area (Å²) >= 11 is 3.45. The van der Waals surface area contributed by atoms with Crippen molar-refractivity contribution in [1.29, 1.82) is 0 Å². The number of nitrogens with one attached hydrogen (secondary N) is 1. The molecule has 1 amide bonds. The Labute approximate surface area is 127 Å². The number of benzene rings is 2. The van der Waals surface area contributed by atoms with E-state index in [0.29, 0.717) is 0 Å². The topological polar surface area (TPSA) is 38.3 Å². The predicted molar refractivity (Wildman–Crippen MR) is 83.9 cm³/mol. The fourth-order valence-electron chi connectivity index (χ4n) is 1.94. The minimum absolute atomic E-state index is 0.259. The second-order valence-electron chi connectivity index (χ2n) is 4.63. The number of carbonyl (C=O) groups excluding carboxylic acids is 1. The molecule has 0 heterocycles. The van der Waals surface area contributed by atoms with Gasteiger partial charge in [0.2, 0.25) is 0 Å². The zero-order chi connectivity index (χ0) is 14.5. The van der Waals surface area contributed by atoms with Crippen LogP contribution in [0.5, 0.6) is 0 Å². The van der Waals surface area contributed by atoms with Gasteiger partial charge in [-0.3, -0.25) is 5.32 Å². The van der Waals surface area contributed by atoms with Crippen molar-refractivity contribution in [3.8, 4) is 0 Å². The molecule has 104 valence electrons. The number of halogens is 1. The minimum atomic E-state index is -0.457. The van der Waals surface area contributed by atoms with Crippen molar-refractivity contribution in [1.82, 2.24) is 0 Å². The van der Waals surface area contributed by atoms with E-state index in [1.807, 2.05) is 56.3 Å². The number of ether oxygens (including phenoxy) is 1. The third kappa shape index (κ3) is 3.84. The minimum Gasteiger partial charge on any atom is -0.444 e. The molecule has 2 rings (SSSR count). The lowest BCUT2D eigenvalue weighted by Crippen LogP contribution is -2.14. The largest absolute Gasteiger partial charge is 0.444 e. The smallest absolute Gasteiger partial charge is 0.411 e. The number of rotatable bonds is 3. The molecule has 0 saturated carbocycles. The van der Waals surface area contributed by atoms with Crippen LogP contribution in [0.2, 0.25) is 0 Å². The van der Waals surface area contributed by atoms with E-state index < -0.39 is 6.09 Å². The van der Waals surface area contributed by atoms with Crippen LogP contribution >= 0.6 is 15.9 Å². The van der Waals surface area contributed by atoms with Gasteiger partial charge in [0.05, 0.1) is 5.69 Å². The highest BCUT2D eigenvalue weighted by molar-refractivity contribution is 9.10. The van der Waals surface area contributed by atoms with E-state index in [1.165, 1.54) is 0 Å². The van der Waals surface area contributed by atoms with Crippen LogP contribution in [0.4, 0.5) is 10.5 Å². The molecule has 0 saturated heterocycles. The van der Waals surface area contributed by atoms with Gasteiger partial charge in [-0.2, -0.15) is 0 Å². The zero-order valence-corrected chi connectivity index (χ0v) is 13.0. The van der Waals surface area contributed by atoms with Crippen molar-refractivity contribution >= 4 is 27.7 Å². The SMILES string of the molecule is Cc1cc(C)c(NC(=O)OCc2ccccc2)c(Br)c1. The molecule has 3 nitrogen and oxygen atoms in total. The first kappa shape index (κ1) is 14.6. The molecule has 0 aliphatic heterocycles. The van der Waals surface area contributed by atoms with E-state index >= 15 is 0 Å². The van der Waals surface area contributed by atoms with Crippen LogP contribution in [-0.2, 0) is 11.3 Å². The lowest BCUT2D eigenvalue weighted by atomic mass is 10.1. The molecule has 0 spiro atoms. The van der Waals surface area contributed by atoms with E-state index in [9.17, 15) is 4.79 Å². The molecule has 4 heteroatoms. The molecule has 2 aromatic rings. The summed E-state index contributed by atoms with van der Waals surface area (Å²) < 4.78 is 6.05. The van der Waals surface area contributed by atoms with Crippen LogP contribution in [0.15, 0.2) is 46.9 Å². The second kappa shape index (κ2) is 6.57. The average Bonchev–Trinajstić information content (AvgIpc) is 2.42. The van der Waals surface area contributed by atoms with Crippen molar-refractivity contribution < 1.29 is 9.53 Å². The summed E-state index contributed by atoms with van der Waals surface area (Å²) in [5, 5.41) is 2.77. The van der Waals surface area contributed by atoms with Crippen LogP contribution in [0.3, 0.4) is 0 Å². The Morgan fingerprint density at radius 3 is 2.55 bits per heavy atom. The molecule has 20 heavy (non-hydrogen) atoms. The number of hydrogen-bond donors (Lipinski definition) is 1. The van der Waals surface area contributed by atoms with E-state index in [1.54, 1.807) is 0 Å². The Morgan fingerprint density at radius 1 is 1.20 bits per heavy atom. The Bertz CT molecular complexity index is 588. The highest BCUT2D eigenvalue weighted by Gasteiger charge is 2.10. The van der Waals surface area contributed by atoms with Gasteiger partial charge in [-0.15, -0.1) is 0 Å². The van der Waals surface area contributed by atoms with Crippen molar-refractivity contribution in [2.45, 2.75) is 20.5 Å². The van der Waals surface area contributed by atoms with E-state index in [-0.39, 0.29) is 6.61 Å². The molecule has 0 fully saturated rings. The maximum atomic E-state index is 11.8. The molecule has 0 bridgehead atoms. The fraction of sp³-hybridized carbons (Fsp3) is 0.188. The Morgan fingerprint density at radius 2 is 1.90 bits per heavy atom. The summed E-state index contributed by atoms with van der Waals surface area (Å²) in [6.07, 6.45) is -0.457. The third-order valence-electron chi connectivity index (χ3n) is 2.87. The van der Waals surface area contributed by atoms with Gasteiger partial charge in [-0.1, -0.05) is 36.4 Å². The van der Waals surface area contributed by atoms with Crippen LogP contribution in [-0.4, -0.2) is 6.09 Å². The number of hydrogen-bond acceptors (Lipinski definition) is 2. The normalized spacial score (nSPS) is 10.2. The average molecular weight is 334 g/mol. The highest BCUT2D eigenvalue weighted by Crippen LogP contribution is 2.27.